The quantitative estimate of drug-likeness (QED) is 0.286. The third-order valence-corrected chi connectivity index (χ3v) is 7.35. The summed E-state index contributed by atoms with van der Waals surface area (Å²) < 4.78 is 32.3. The average molecular weight is 535 g/mol. The van der Waals surface area contributed by atoms with E-state index < -0.39 is 66.3 Å². The van der Waals surface area contributed by atoms with Crippen molar-refractivity contribution in [2.45, 2.75) is 50.7 Å². The molecule has 4 heterocycles. The van der Waals surface area contributed by atoms with Crippen LogP contribution in [0.1, 0.15) is 19.4 Å². The first-order valence-electron chi connectivity index (χ1n) is 11.9. The van der Waals surface area contributed by atoms with Gasteiger partial charge in [0.1, 0.15) is 30.5 Å². The van der Waals surface area contributed by atoms with Crippen LogP contribution in [0.4, 0.5) is 25.5 Å². The fourth-order valence-corrected chi connectivity index (χ4v) is 5.85. The summed E-state index contributed by atoms with van der Waals surface area (Å²) in [5, 5.41) is 25.4. The molecule has 0 saturated carbocycles. The number of halogens is 1. The molecular formula is C23H26FN5O9. The molecule has 6 unspecified atom stereocenters. The first-order chi connectivity index (χ1) is 18.0. The maximum Gasteiger partial charge on any atom is 0.416 e. The molecule has 15 heteroatoms. The summed E-state index contributed by atoms with van der Waals surface area (Å²) in [5.74, 6) is -1.99. The molecule has 1 aromatic carbocycles. The number of anilines is 2. The number of morpholine rings is 1. The van der Waals surface area contributed by atoms with E-state index in [2.05, 4.69) is 5.16 Å². The van der Waals surface area contributed by atoms with E-state index in [4.69, 9.17) is 19.7 Å². The predicted octanol–water partition coefficient (Wildman–Crippen LogP) is -0.436. The van der Waals surface area contributed by atoms with Crippen molar-refractivity contribution in [1.29, 1.82) is 0 Å². The summed E-state index contributed by atoms with van der Waals surface area (Å²) in [7, 11) is 0. The molecule has 0 aliphatic carbocycles. The monoisotopic (exact) mass is 535 g/mol. The fourth-order valence-electron chi connectivity index (χ4n) is 5.85. The number of aliphatic hydroxyl groups excluding tert-OH is 2. The predicted molar refractivity (Wildman–Crippen MR) is 126 cm³/mol. The number of urea groups is 1. The van der Waals surface area contributed by atoms with E-state index in [9.17, 15) is 29.4 Å². The number of ether oxygens (including phenoxy) is 2. The van der Waals surface area contributed by atoms with Crippen LogP contribution in [-0.2, 0) is 25.5 Å². The number of hydrogen-bond donors (Lipinski definition) is 4. The van der Waals surface area contributed by atoms with Gasteiger partial charge in [-0.2, -0.15) is 0 Å². The summed E-state index contributed by atoms with van der Waals surface area (Å²) in [5.41, 5.74) is 3.24. The number of nitrogens with zero attached hydrogens (tertiary/aromatic N) is 3. The van der Waals surface area contributed by atoms with E-state index in [1.54, 1.807) is 18.7 Å². The van der Waals surface area contributed by atoms with Gasteiger partial charge in [-0.3, -0.25) is 10.1 Å². The summed E-state index contributed by atoms with van der Waals surface area (Å²) >= 11 is 0. The van der Waals surface area contributed by atoms with Crippen molar-refractivity contribution < 1.29 is 47.8 Å². The number of primary amides is 1. The molecule has 1 aromatic heterocycles. The van der Waals surface area contributed by atoms with E-state index in [-0.39, 0.29) is 47.6 Å². The number of aromatic nitrogens is 1. The minimum absolute atomic E-state index is 0.0122. The lowest BCUT2D eigenvalue weighted by Crippen LogP contribution is -2.68. The van der Waals surface area contributed by atoms with Crippen LogP contribution in [0.2, 0.25) is 0 Å². The molecule has 14 nitrogen and oxygen atoms in total. The van der Waals surface area contributed by atoms with Crippen molar-refractivity contribution in [2.24, 2.45) is 11.1 Å². The molecule has 2 saturated heterocycles. The number of aliphatic hydroxyl groups is 2. The van der Waals surface area contributed by atoms with E-state index in [1.165, 1.54) is 6.07 Å². The zero-order valence-corrected chi connectivity index (χ0v) is 20.4. The van der Waals surface area contributed by atoms with Crippen LogP contribution in [0.25, 0.3) is 11.0 Å². The Labute approximate surface area is 214 Å². The number of cyclic esters (lactones) is 1. The van der Waals surface area contributed by atoms with Gasteiger partial charge in [0, 0.05) is 6.54 Å². The van der Waals surface area contributed by atoms with Crippen molar-refractivity contribution in [2.75, 3.05) is 29.6 Å². The minimum atomic E-state index is -1.89. The van der Waals surface area contributed by atoms with Gasteiger partial charge in [0.25, 0.3) is 0 Å². The lowest BCUT2D eigenvalue weighted by atomic mass is 9.68. The number of rotatable bonds is 5. The van der Waals surface area contributed by atoms with Gasteiger partial charge >= 0.3 is 12.1 Å². The number of fused-ring (bicyclic) bond motifs is 4. The van der Waals surface area contributed by atoms with Crippen molar-refractivity contribution in [3.63, 3.8) is 0 Å². The highest BCUT2D eigenvalue weighted by atomic mass is 19.1. The molecule has 6 atom stereocenters. The number of nitrogens with one attached hydrogen (secondary N) is 1. The molecule has 4 amide bonds. The Kier molecular flexibility index (Phi) is 6.24. The molecular weight excluding hydrogens is 509 g/mol. The molecule has 204 valence electrons. The van der Waals surface area contributed by atoms with Gasteiger partial charge in [-0.1, -0.05) is 5.16 Å². The van der Waals surface area contributed by atoms with Crippen LogP contribution >= 0.6 is 0 Å². The number of hydrogen-bond acceptors (Lipinski definition) is 11. The van der Waals surface area contributed by atoms with E-state index in [0.29, 0.717) is 6.29 Å². The lowest BCUT2D eigenvalue weighted by Gasteiger charge is -2.53. The summed E-state index contributed by atoms with van der Waals surface area (Å²) in [4.78, 5) is 52.4. The van der Waals surface area contributed by atoms with Gasteiger partial charge < -0.3 is 39.6 Å². The van der Waals surface area contributed by atoms with Gasteiger partial charge in [-0.15, -0.1) is 0 Å². The molecule has 3 aliphatic rings. The van der Waals surface area contributed by atoms with Crippen LogP contribution in [0.3, 0.4) is 0 Å². The van der Waals surface area contributed by atoms with Gasteiger partial charge in [-0.25, -0.2) is 18.9 Å². The number of amides is 4. The molecule has 3 aliphatic heterocycles. The molecule has 2 fully saturated rings. The van der Waals surface area contributed by atoms with Gasteiger partial charge in [0.05, 0.1) is 35.9 Å². The lowest BCUT2D eigenvalue weighted by molar-refractivity contribution is -0.144. The van der Waals surface area contributed by atoms with Crippen molar-refractivity contribution in [3.8, 4) is 0 Å². The second-order valence-corrected chi connectivity index (χ2v) is 9.75. The molecule has 0 radical (unpaired) electrons. The van der Waals surface area contributed by atoms with Gasteiger partial charge in [-0.05, 0) is 31.9 Å². The topological polar surface area (TPSA) is 198 Å². The third-order valence-electron chi connectivity index (χ3n) is 7.35. The summed E-state index contributed by atoms with van der Waals surface area (Å²) in [6.07, 6.45) is -3.34. The Morgan fingerprint density at radius 1 is 1.42 bits per heavy atom. The highest BCUT2D eigenvalue weighted by Crippen LogP contribution is 2.48. The van der Waals surface area contributed by atoms with Crippen LogP contribution in [0.15, 0.2) is 10.6 Å². The first-order valence-corrected chi connectivity index (χ1v) is 11.9. The number of imide groups is 1. The second kappa shape index (κ2) is 9.18. The Morgan fingerprint density at radius 2 is 2.16 bits per heavy atom. The highest BCUT2D eigenvalue weighted by molar-refractivity contribution is 6.07. The number of carbonyl (C=O) groups excluding carboxylic acids is 4. The SMILES string of the molecule is CC1CN2c3c(cc4c(N5C(=O)OCC5C(O)CO)noc4c3F)CC(C=O)(C(=O)NC(N)=O)C2C(C)O1. The van der Waals surface area contributed by atoms with E-state index in [1.807, 2.05) is 5.32 Å². The Hall–Kier alpha value is -3.82. The van der Waals surface area contributed by atoms with Crippen LogP contribution in [0, 0.1) is 11.2 Å². The standard InChI is InChI=1S/C23H26FN5O9/c1-9-5-28-16-11(4-23(8-31,18(28)10(2)37-9)20(33)26-21(25)34)3-12-17(15(16)24)38-27-19(12)29-13(14(32)6-30)7-36-22(29)35/h3,8-10,13-14,18,30,32H,4-7H2,1-2H3,(H3,25,26,33,34). The van der Waals surface area contributed by atoms with Crippen LogP contribution in [-0.4, -0.2) is 89.8 Å². The number of carbonyl (C=O) groups is 4. The van der Waals surface area contributed by atoms with E-state index >= 15 is 4.39 Å². The molecule has 5 rings (SSSR count). The Bertz CT molecular complexity index is 1330. The number of benzene rings is 1. The van der Waals surface area contributed by atoms with Crippen molar-refractivity contribution >= 4 is 46.8 Å². The zero-order chi connectivity index (χ0) is 27.5. The number of nitrogens with two attached hydrogens (primary N) is 1. The molecule has 2 aromatic rings. The summed E-state index contributed by atoms with van der Waals surface area (Å²) in [6, 6.07) is -1.74. The van der Waals surface area contributed by atoms with Crippen LogP contribution < -0.4 is 20.9 Å². The first kappa shape index (κ1) is 25.8. The van der Waals surface area contributed by atoms with Gasteiger partial charge in [0.15, 0.2) is 11.6 Å². The maximum absolute atomic E-state index is 16.2. The highest BCUT2D eigenvalue weighted by Gasteiger charge is 2.57. The summed E-state index contributed by atoms with van der Waals surface area (Å²) in [6.45, 7) is 2.57. The largest absolute Gasteiger partial charge is 0.447 e. The second-order valence-electron chi connectivity index (χ2n) is 9.75. The van der Waals surface area contributed by atoms with E-state index in [0.717, 1.165) is 4.90 Å². The zero-order valence-electron chi connectivity index (χ0n) is 20.4. The minimum Gasteiger partial charge on any atom is -0.447 e. The smallest absolute Gasteiger partial charge is 0.416 e. The fraction of sp³-hybridized carbons (Fsp3) is 0.522. The van der Waals surface area contributed by atoms with Crippen molar-refractivity contribution in [1.82, 2.24) is 10.5 Å². The molecule has 0 spiro atoms. The van der Waals surface area contributed by atoms with Crippen LogP contribution in [0.5, 0.6) is 0 Å². The number of aldehydes is 1. The molecule has 5 N–H and O–H groups in total. The Morgan fingerprint density at radius 3 is 2.82 bits per heavy atom. The molecule has 0 bridgehead atoms. The molecule has 38 heavy (non-hydrogen) atoms. The van der Waals surface area contributed by atoms with Gasteiger partial charge in [0.2, 0.25) is 11.5 Å². The average Bonchev–Trinajstić information content (AvgIpc) is 3.45. The normalized spacial score (nSPS) is 29.4. The third kappa shape index (κ3) is 3.68. The van der Waals surface area contributed by atoms with Crippen molar-refractivity contribution in [3.05, 3.63) is 17.4 Å². The Balaban J connectivity index is 1.71. The maximum atomic E-state index is 16.2.